The number of anilines is 1. The third kappa shape index (κ3) is 4.30. The van der Waals surface area contributed by atoms with E-state index in [0.29, 0.717) is 12.4 Å². The van der Waals surface area contributed by atoms with Crippen LogP contribution in [0.1, 0.15) is 5.56 Å². The number of rotatable bonds is 7. The van der Waals surface area contributed by atoms with Crippen LogP contribution in [-0.4, -0.2) is 33.1 Å². The van der Waals surface area contributed by atoms with Crippen LogP contribution >= 0.6 is 0 Å². The van der Waals surface area contributed by atoms with Crippen molar-refractivity contribution in [2.45, 2.75) is 6.54 Å². The Hall–Kier alpha value is -4.00. The Bertz CT molecular complexity index is 1130. The van der Waals surface area contributed by atoms with Crippen LogP contribution < -0.4 is 5.43 Å². The summed E-state index contributed by atoms with van der Waals surface area (Å²) in [5.74, 6) is 0.606. The first-order chi connectivity index (χ1) is 14.3. The van der Waals surface area contributed by atoms with E-state index < -0.39 is 0 Å². The molecule has 7 heteroatoms. The van der Waals surface area contributed by atoms with Crippen molar-refractivity contribution in [2.24, 2.45) is 5.10 Å². The number of hydrogen-bond acceptors (Lipinski definition) is 6. The first-order valence-corrected chi connectivity index (χ1v) is 9.14. The van der Waals surface area contributed by atoms with E-state index >= 15 is 0 Å². The summed E-state index contributed by atoms with van der Waals surface area (Å²) >= 11 is 0. The molecule has 29 heavy (non-hydrogen) atoms. The van der Waals surface area contributed by atoms with Gasteiger partial charge in [-0.3, -0.25) is 5.43 Å². The van der Waals surface area contributed by atoms with Crippen molar-refractivity contribution in [1.29, 1.82) is 0 Å². The molecule has 7 nitrogen and oxygen atoms in total. The van der Waals surface area contributed by atoms with Gasteiger partial charge >= 0.3 is 0 Å². The van der Waals surface area contributed by atoms with Crippen molar-refractivity contribution in [3.05, 3.63) is 85.0 Å². The predicted molar refractivity (Wildman–Crippen MR) is 115 cm³/mol. The lowest BCUT2D eigenvalue weighted by Gasteiger charge is -2.03. The highest BCUT2D eigenvalue weighted by Gasteiger charge is 2.08. The van der Waals surface area contributed by atoms with Gasteiger partial charge in [0.25, 0.3) is 0 Å². The molecule has 2 aromatic carbocycles. The van der Waals surface area contributed by atoms with E-state index in [2.05, 4.69) is 49.9 Å². The van der Waals surface area contributed by atoms with Gasteiger partial charge in [-0.2, -0.15) is 10.2 Å². The van der Waals surface area contributed by atoms with Gasteiger partial charge in [0, 0.05) is 0 Å². The largest absolute Gasteiger partial charge is 0.505 e. The van der Waals surface area contributed by atoms with Crippen LogP contribution in [0.5, 0.6) is 0 Å². The fraction of sp³-hybridized carbons (Fsp3) is 0.0909. The quantitative estimate of drug-likeness (QED) is 0.295. The summed E-state index contributed by atoms with van der Waals surface area (Å²) in [6, 6.07) is 18.5. The zero-order valence-corrected chi connectivity index (χ0v) is 15.9. The summed E-state index contributed by atoms with van der Waals surface area (Å²) in [4.78, 5) is 8.58. The normalized spacial score (nSPS) is 11.5. The maximum absolute atomic E-state index is 4.92. The second-order valence-corrected chi connectivity index (χ2v) is 6.25. The molecule has 0 aliphatic heterocycles. The van der Waals surface area contributed by atoms with Crippen LogP contribution in [0.3, 0.4) is 0 Å². The number of nitrogens with one attached hydrogen (secondary N) is 1. The van der Waals surface area contributed by atoms with Crippen molar-refractivity contribution in [2.75, 3.05) is 12.5 Å². The minimum Gasteiger partial charge on any atom is -0.505 e. The third-order valence-electron chi connectivity index (χ3n) is 4.35. The van der Waals surface area contributed by atoms with Crippen molar-refractivity contribution >= 4 is 23.1 Å². The molecule has 1 N–H and O–H groups in total. The van der Waals surface area contributed by atoms with Crippen molar-refractivity contribution in [3.8, 4) is 11.1 Å². The summed E-state index contributed by atoms with van der Waals surface area (Å²) in [7, 11) is 1.61. The number of ether oxygens (including phenoxy) is 1. The van der Waals surface area contributed by atoms with Crippen LogP contribution in [0.25, 0.3) is 22.2 Å². The summed E-state index contributed by atoms with van der Waals surface area (Å²) < 4.78 is 6.69. The first kappa shape index (κ1) is 18.4. The first-order valence-electron chi connectivity index (χ1n) is 9.14. The maximum Gasteiger partial charge on any atom is 0.163 e. The molecule has 2 heterocycles. The van der Waals surface area contributed by atoms with Gasteiger partial charge in [0.05, 0.1) is 37.7 Å². The number of hydrogen-bond donors (Lipinski definition) is 1. The molecule has 2 aromatic heterocycles. The fourth-order valence-corrected chi connectivity index (χ4v) is 2.91. The van der Waals surface area contributed by atoms with E-state index in [4.69, 9.17) is 4.74 Å². The highest BCUT2D eigenvalue weighted by Crippen LogP contribution is 2.20. The van der Waals surface area contributed by atoms with E-state index in [9.17, 15) is 0 Å². The zero-order chi connectivity index (χ0) is 19.9. The lowest BCUT2D eigenvalue weighted by Crippen LogP contribution is -2.00. The average molecular weight is 384 g/mol. The second-order valence-electron chi connectivity index (χ2n) is 6.25. The van der Waals surface area contributed by atoms with Crippen molar-refractivity contribution in [1.82, 2.24) is 19.7 Å². The zero-order valence-electron chi connectivity index (χ0n) is 15.9. The Labute approximate surface area is 168 Å². The monoisotopic (exact) mass is 384 g/mol. The standard InChI is InChI=1S/C22H20N6O/c1-29-13-5-12-28-22-20(15-26-28)21(23-16-24-22)27-25-14-17-8-10-19(11-9-17)18-6-3-2-4-7-18/h2-11,13-16H,12H2,1H3,(H,23,24,27)/b13-5+,25-14+. The van der Waals surface area contributed by atoms with Crippen molar-refractivity contribution in [3.63, 3.8) is 0 Å². The number of aromatic nitrogens is 4. The molecule has 0 aliphatic carbocycles. The Kier molecular flexibility index (Phi) is 5.57. The molecule has 144 valence electrons. The minimum absolute atomic E-state index is 0.560. The highest BCUT2D eigenvalue weighted by atomic mass is 16.5. The molecular formula is C22H20N6O. The summed E-state index contributed by atoms with van der Waals surface area (Å²) in [6.45, 7) is 0.560. The average Bonchev–Trinajstić information content (AvgIpc) is 3.19. The molecule has 0 saturated heterocycles. The maximum atomic E-state index is 4.92. The van der Waals surface area contributed by atoms with Crippen LogP contribution in [0.15, 0.2) is 84.6 Å². The molecule has 0 amide bonds. The lowest BCUT2D eigenvalue weighted by molar-refractivity contribution is 0.335. The molecule has 0 unspecified atom stereocenters. The summed E-state index contributed by atoms with van der Waals surface area (Å²) in [5.41, 5.74) is 7.06. The molecule has 0 atom stereocenters. The highest BCUT2D eigenvalue weighted by molar-refractivity contribution is 5.87. The Morgan fingerprint density at radius 1 is 1.03 bits per heavy atom. The van der Waals surface area contributed by atoms with Crippen LogP contribution in [0.2, 0.25) is 0 Å². The van der Waals surface area contributed by atoms with Gasteiger partial charge in [-0.05, 0) is 22.8 Å². The number of benzene rings is 2. The topological polar surface area (TPSA) is 77.2 Å². The van der Waals surface area contributed by atoms with E-state index in [1.165, 1.54) is 17.5 Å². The smallest absolute Gasteiger partial charge is 0.163 e. The fourth-order valence-electron chi connectivity index (χ4n) is 2.91. The van der Waals surface area contributed by atoms with E-state index in [1.807, 2.05) is 36.4 Å². The van der Waals surface area contributed by atoms with Crippen molar-refractivity contribution < 1.29 is 4.74 Å². The van der Waals surface area contributed by atoms with Gasteiger partial charge in [-0.1, -0.05) is 54.6 Å². The van der Waals surface area contributed by atoms with E-state index in [0.717, 1.165) is 16.6 Å². The molecule has 0 bridgehead atoms. The number of fused-ring (bicyclic) bond motifs is 1. The Morgan fingerprint density at radius 2 is 1.83 bits per heavy atom. The molecular weight excluding hydrogens is 364 g/mol. The van der Waals surface area contributed by atoms with Gasteiger partial charge in [0.2, 0.25) is 0 Å². The molecule has 4 aromatic rings. The predicted octanol–water partition coefficient (Wildman–Crippen LogP) is 4.10. The van der Waals surface area contributed by atoms with Gasteiger partial charge in [0.1, 0.15) is 6.33 Å². The number of methoxy groups -OCH3 is 1. The van der Waals surface area contributed by atoms with Crippen LogP contribution in [-0.2, 0) is 11.3 Å². The van der Waals surface area contributed by atoms with Crippen LogP contribution in [0.4, 0.5) is 5.82 Å². The third-order valence-corrected chi connectivity index (χ3v) is 4.35. The van der Waals surface area contributed by atoms with E-state index in [1.54, 1.807) is 30.5 Å². The van der Waals surface area contributed by atoms with Gasteiger partial charge in [-0.15, -0.1) is 0 Å². The second kappa shape index (κ2) is 8.79. The van der Waals surface area contributed by atoms with E-state index in [-0.39, 0.29) is 0 Å². The summed E-state index contributed by atoms with van der Waals surface area (Å²) in [5, 5.41) is 9.46. The van der Waals surface area contributed by atoms with Gasteiger partial charge in [-0.25, -0.2) is 14.6 Å². The Balaban J connectivity index is 1.46. The molecule has 0 saturated carbocycles. The molecule has 0 aliphatic rings. The molecule has 0 radical (unpaired) electrons. The number of allylic oxidation sites excluding steroid dienone is 1. The molecule has 4 rings (SSSR count). The summed E-state index contributed by atoms with van der Waals surface area (Å²) in [6.07, 6.45) is 8.45. The van der Waals surface area contributed by atoms with Gasteiger partial charge < -0.3 is 4.74 Å². The molecule has 0 spiro atoms. The number of hydrazone groups is 1. The Morgan fingerprint density at radius 3 is 2.62 bits per heavy atom. The van der Waals surface area contributed by atoms with Crippen LogP contribution in [0, 0.1) is 0 Å². The lowest BCUT2D eigenvalue weighted by atomic mass is 10.0. The van der Waals surface area contributed by atoms with Gasteiger partial charge in [0.15, 0.2) is 11.5 Å². The molecule has 0 fully saturated rings. The SMILES string of the molecule is CO/C=C/Cn1ncc2c(N/N=C/c3ccc(-c4ccccc4)cc3)ncnc21. The minimum atomic E-state index is 0.560. The number of nitrogens with zero attached hydrogens (tertiary/aromatic N) is 5.